The summed E-state index contributed by atoms with van der Waals surface area (Å²) in [6.07, 6.45) is -1.01. The number of ether oxygens (including phenoxy) is 1. The van der Waals surface area contributed by atoms with Crippen LogP contribution in [0.2, 0.25) is 0 Å². The molecule has 0 saturated carbocycles. The van der Waals surface area contributed by atoms with Crippen LogP contribution in [-0.2, 0) is 16.1 Å². The van der Waals surface area contributed by atoms with E-state index in [1.807, 2.05) is 30.3 Å². The second-order valence-corrected chi connectivity index (χ2v) is 6.20. The molecule has 0 aliphatic heterocycles. The molecular formula is C21H19NO5. The van der Waals surface area contributed by atoms with Crippen molar-refractivity contribution in [2.75, 3.05) is 7.05 Å². The molecule has 2 aromatic carbocycles. The van der Waals surface area contributed by atoms with Crippen molar-refractivity contribution in [2.24, 2.45) is 0 Å². The van der Waals surface area contributed by atoms with Gasteiger partial charge < -0.3 is 14.1 Å². The van der Waals surface area contributed by atoms with Gasteiger partial charge in [-0.25, -0.2) is 4.79 Å². The Hall–Kier alpha value is -3.41. The minimum absolute atomic E-state index is 0.232. The van der Waals surface area contributed by atoms with Crippen LogP contribution in [0.1, 0.15) is 23.0 Å². The van der Waals surface area contributed by atoms with E-state index in [2.05, 4.69) is 0 Å². The summed E-state index contributed by atoms with van der Waals surface area (Å²) < 4.78 is 10.6. The first-order valence-corrected chi connectivity index (χ1v) is 8.48. The third-order valence-electron chi connectivity index (χ3n) is 4.11. The van der Waals surface area contributed by atoms with E-state index in [1.54, 1.807) is 31.3 Å². The maximum atomic E-state index is 12.4. The summed E-state index contributed by atoms with van der Waals surface area (Å²) in [5, 5.41) is 0.376. The highest BCUT2D eigenvalue weighted by Gasteiger charge is 2.24. The van der Waals surface area contributed by atoms with Gasteiger partial charge in [0.15, 0.2) is 11.5 Å². The maximum absolute atomic E-state index is 12.4. The fourth-order valence-corrected chi connectivity index (χ4v) is 2.72. The zero-order valence-corrected chi connectivity index (χ0v) is 15.0. The minimum atomic E-state index is -1.01. The number of benzene rings is 2. The number of para-hydroxylation sites is 1. The monoisotopic (exact) mass is 365 g/mol. The SMILES string of the molecule is C[C@@H](OC(=O)c1cc(=O)c2ccccc2o1)C(=O)N(C)Cc1ccccc1. The molecule has 27 heavy (non-hydrogen) atoms. The third kappa shape index (κ3) is 4.23. The summed E-state index contributed by atoms with van der Waals surface area (Å²) >= 11 is 0. The molecule has 3 rings (SSSR count). The molecule has 0 aliphatic rings. The van der Waals surface area contributed by atoms with E-state index in [4.69, 9.17) is 9.15 Å². The molecule has 0 spiro atoms. The van der Waals surface area contributed by atoms with Gasteiger partial charge in [0.25, 0.3) is 5.91 Å². The van der Waals surface area contributed by atoms with E-state index in [9.17, 15) is 14.4 Å². The van der Waals surface area contributed by atoms with Gasteiger partial charge >= 0.3 is 5.97 Å². The van der Waals surface area contributed by atoms with Gasteiger partial charge in [0, 0.05) is 19.7 Å². The molecule has 0 radical (unpaired) electrons. The number of hydrogen-bond acceptors (Lipinski definition) is 5. The van der Waals surface area contributed by atoms with Crippen LogP contribution in [0.15, 0.2) is 69.9 Å². The van der Waals surface area contributed by atoms with Gasteiger partial charge in [0.1, 0.15) is 5.58 Å². The Kier molecular flexibility index (Phi) is 5.35. The van der Waals surface area contributed by atoms with Crippen molar-refractivity contribution >= 4 is 22.8 Å². The molecule has 3 aromatic rings. The summed E-state index contributed by atoms with van der Waals surface area (Å²) in [4.78, 5) is 38.3. The topological polar surface area (TPSA) is 76.8 Å². The van der Waals surface area contributed by atoms with Gasteiger partial charge in [0.2, 0.25) is 5.76 Å². The fourth-order valence-electron chi connectivity index (χ4n) is 2.72. The van der Waals surface area contributed by atoms with Crippen molar-refractivity contribution in [1.82, 2.24) is 4.90 Å². The molecule has 6 nitrogen and oxygen atoms in total. The quantitative estimate of drug-likeness (QED) is 0.650. The van der Waals surface area contributed by atoms with Crippen molar-refractivity contribution in [3.63, 3.8) is 0 Å². The highest BCUT2D eigenvalue weighted by atomic mass is 16.6. The van der Waals surface area contributed by atoms with Gasteiger partial charge in [-0.2, -0.15) is 0 Å². The molecule has 0 N–H and O–H groups in total. The predicted octanol–water partition coefficient (Wildman–Crippen LogP) is 3.00. The number of nitrogens with zero attached hydrogens (tertiary/aromatic N) is 1. The lowest BCUT2D eigenvalue weighted by molar-refractivity contribution is -0.139. The molecular weight excluding hydrogens is 346 g/mol. The molecule has 0 fully saturated rings. The average molecular weight is 365 g/mol. The zero-order chi connectivity index (χ0) is 19.4. The van der Waals surface area contributed by atoms with Crippen LogP contribution in [-0.4, -0.2) is 29.9 Å². The van der Waals surface area contributed by atoms with Crippen molar-refractivity contribution < 1.29 is 18.7 Å². The highest BCUT2D eigenvalue weighted by Crippen LogP contribution is 2.14. The molecule has 0 saturated heterocycles. The van der Waals surface area contributed by atoms with E-state index in [0.717, 1.165) is 11.6 Å². The van der Waals surface area contributed by atoms with E-state index in [-0.39, 0.29) is 22.7 Å². The number of amides is 1. The zero-order valence-electron chi connectivity index (χ0n) is 15.0. The Morgan fingerprint density at radius 3 is 2.48 bits per heavy atom. The molecule has 6 heteroatoms. The summed E-state index contributed by atoms with van der Waals surface area (Å²) in [6.45, 7) is 1.88. The number of likely N-dealkylation sites (N-methyl/N-ethyl adjacent to an activating group) is 1. The number of fused-ring (bicyclic) bond motifs is 1. The lowest BCUT2D eigenvalue weighted by Crippen LogP contribution is -2.37. The Balaban J connectivity index is 1.69. The summed E-state index contributed by atoms with van der Waals surface area (Å²) in [6, 6.07) is 17.2. The largest absolute Gasteiger partial charge is 0.449 e. The lowest BCUT2D eigenvalue weighted by Gasteiger charge is -2.21. The maximum Gasteiger partial charge on any atom is 0.375 e. The Morgan fingerprint density at radius 1 is 1.07 bits per heavy atom. The molecule has 0 aliphatic carbocycles. The fraction of sp³-hybridized carbons (Fsp3) is 0.190. The Labute approximate surface area is 156 Å². The van der Waals surface area contributed by atoms with E-state index in [0.29, 0.717) is 11.9 Å². The molecule has 138 valence electrons. The number of rotatable bonds is 5. The second-order valence-electron chi connectivity index (χ2n) is 6.20. The molecule has 0 bridgehead atoms. The number of esters is 1. The second kappa shape index (κ2) is 7.86. The lowest BCUT2D eigenvalue weighted by atomic mass is 10.2. The van der Waals surface area contributed by atoms with Crippen molar-refractivity contribution in [3.05, 3.63) is 82.2 Å². The third-order valence-corrected chi connectivity index (χ3v) is 4.11. The van der Waals surface area contributed by atoms with Crippen LogP contribution in [0.5, 0.6) is 0 Å². The Bertz CT molecular complexity index is 1030. The highest BCUT2D eigenvalue weighted by molar-refractivity contribution is 5.91. The average Bonchev–Trinajstić information content (AvgIpc) is 2.68. The van der Waals surface area contributed by atoms with E-state index >= 15 is 0 Å². The van der Waals surface area contributed by atoms with Crippen LogP contribution < -0.4 is 5.43 Å². The first-order chi connectivity index (χ1) is 13.0. The van der Waals surface area contributed by atoms with Crippen LogP contribution >= 0.6 is 0 Å². The van der Waals surface area contributed by atoms with Crippen molar-refractivity contribution in [1.29, 1.82) is 0 Å². The first kappa shape index (κ1) is 18.4. The van der Waals surface area contributed by atoms with Crippen LogP contribution in [0.25, 0.3) is 11.0 Å². The Morgan fingerprint density at radius 2 is 1.74 bits per heavy atom. The van der Waals surface area contributed by atoms with Gasteiger partial charge in [-0.3, -0.25) is 9.59 Å². The summed E-state index contributed by atoms with van der Waals surface area (Å²) in [5.74, 6) is -1.44. The number of carbonyl (C=O) groups excluding carboxylic acids is 2. The molecule has 1 heterocycles. The van der Waals surface area contributed by atoms with Gasteiger partial charge in [-0.05, 0) is 24.6 Å². The summed E-state index contributed by atoms with van der Waals surface area (Å²) in [7, 11) is 1.63. The minimum Gasteiger partial charge on any atom is -0.449 e. The molecule has 1 atom stereocenters. The van der Waals surface area contributed by atoms with E-state index < -0.39 is 12.1 Å². The summed E-state index contributed by atoms with van der Waals surface area (Å²) in [5.41, 5.74) is 0.911. The molecule has 1 amide bonds. The standard InChI is InChI=1S/C21H19NO5/c1-14(20(24)22(2)13-15-8-4-3-5-9-15)26-21(25)19-12-17(23)16-10-6-7-11-18(16)27-19/h3-12,14H,13H2,1-2H3/t14-/m1/s1. The van der Waals surface area contributed by atoms with Gasteiger partial charge in [-0.1, -0.05) is 42.5 Å². The van der Waals surface area contributed by atoms with Crippen molar-refractivity contribution in [2.45, 2.75) is 19.6 Å². The normalized spacial score (nSPS) is 11.8. The van der Waals surface area contributed by atoms with E-state index in [1.165, 1.54) is 11.8 Å². The van der Waals surface area contributed by atoms with Gasteiger partial charge in [0.05, 0.1) is 5.39 Å². The van der Waals surface area contributed by atoms with Crippen molar-refractivity contribution in [3.8, 4) is 0 Å². The van der Waals surface area contributed by atoms with Crippen LogP contribution in [0, 0.1) is 0 Å². The number of carbonyl (C=O) groups is 2. The predicted molar refractivity (Wildman–Crippen MR) is 100 cm³/mol. The smallest absolute Gasteiger partial charge is 0.375 e. The van der Waals surface area contributed by atoms with Gasteiger partial charge in [-0.15, -0.1) is 0 Å². The number of hydrogen-bond donors (Lipinski definition) is 0. The molecule has 0 unspecified atom stereocenters. The van der Waals surface area contributed by atoms with Crippen LogP contribution in [0.3, 0.4) is 0 Å². The first-order valence-electron chi connectivity index (χ1n) is 8.48. The molecule has 1 aromatic heterocycles. The van der Waals surface area contributed by atoms with Crippen LogP contribution in [0.4, 0.5) is 0 Å².